The summed E-state index contributed by atoms with van der Waals surface area (Å²) in [6.07, 6.45) is 4.04. The van der Waals surface area contributed by atoms with Crippen molar-refractivity contribution in [3.63, 3.8) is 0 Å². The lowest BCUT2D eigenvalue weighted by Crippen LogP contribution is -2.58. The van der Waals surface area contributed by atoms with E-state index in [1.807, 2.05) is 11.9 Å². The Morgan fingerprint density at radius 2 is 1.91 bits per heavy atom. The number of methoxy groups -OCH3 is 2. The molecule has 1 rings (SSSR count). The topological polar surface area (TPSA) is 67.9 Å². The van der Waals surface area contributed by atoms with Crippen LogP contribution in [0.4, 0.5) is 0 Å². The molecule has 0 bridgehead atoms. The number of likely N-dealkylation sites (N-methyl/N-ethyl adjacent to an activating group) is 1. The van der Waals surface area contributed by atoms with E-state index in [-0.39, 0.29) is 18.4 Å². The minimum absolute atomic E-state index is 0.125. The van der Waals surface area contributed by atoms with E-state index >= 15 is 0 Å². The van der Waals surface area contributed by atoms with Crippen LogP contribution in [0.1, 0.15) is 39.0 Å². The lowest BCUT2D eigenvalue weighted by atomic mass is 9.77. The first-order valence-electron chi connectivity index (χ1n) is 8.00. The average Bonchev–Trinajstić information content (AvgIpc) is 2.49. The van der Waals surface area contributed by atoms with Crippen molar-refractivity contribution in [1.82, 2.24) is 10.2 Å². The van der Waals surface area contributed by atoms with E-state index in [4.69, 9.17) is 9.47 Å². The third kappa shape index (κ3) is 5.57. The molecule has 0 aliphatic heterocycles. The van der Waals surface area contributed by atoms with Crippen LogP contribution in [0.2, 0.25) is 0 Å². The summed E-state index contributed by atoms with van der Waals surface area (Å²) in [7, 11) is 4.94. The monoisotopic (exact) mass is 314 g/mol. The third-order valence-electron chi connectivity index (χ3n) is 4.38. The third-order valence-corrected chi connectivity index (χ3v) is 4.38. The number of nitrogens with one attached hydrogen (secondary N) is 1. The molecule has 1 aliphatic carbocycles. The van der Waals surface area contributed by atoms with E-state index in [0.29, 0.717) is 25.4 Å². The minimum atomic E-state index is -0.842. The van der Waals surface area contributed by atoms with Crippen LogP contribution in [0.5, 0.6) is 0 Å². The second-order valence-corrected chi connectivity index (χ2v) is 6.39. The molecule has 0 saturated heterocycles. The molecule has 1 N–H and O–H groups in total. The van der Waals surface area contributed by atoms with Crippen molar-refractivity contribution in [3.8, 4) is 0 Å². The Morgan fingerprint density at radius 1 is 1.27 bits per heavy atom. The van der Waals surface area contributed by atoms with E-state index in [2.05, 4.69) is 12.2 Å². The number of hydrogen-bond acceptors (Lipinski definition) is 5. The fraction of sp³-hybridized carbons (Fsp3) is 0.875. The van der Waals surface area contributed by atoms with Crippen LogP contribution in [0.3, 0.4) is 0 Å². The van der Waals surface area contributed by atoms with Crippen molar-refractivity contribution in [3.05, 3.63) is 0 Å². The molecule has 1 saturated carbocycles. The highest BCUT2D eigenvalue weighted by molar-refractivity contribution is 5.88. The van der Waals surface area contributed by atoms with Crippen molar-refractivity contribution >= 4 is 11.9 Å². The largest absolute Gasteiger partial charge is 0.467 e. The van der Waals surface area contributed by atoms with Gasteiger partial charge in [-0.3, -0.25) is 9.69 Å². The maximum absolute atomic E-state index is 12.3. The maximum atomic E-state index is 12.3. The van der Waals surface area contributed by atoms with Gasteiger partial charge in [0.05, 0.1) is 13.7 Å². The summed E-state index contributed by atoms with van der Waals surface area (Å²) in [5.41, 5.74) is -0.842. The van der Waals surface area contributed by atoms with Gasteiger partial charge in [-0.1, -0.05) is 6.92 Å². The Balaban J connectivity index is 2.55. The quantitative estimate of drug-likeness (QED) is 0.538. The Bertz CT molecular complexity index is 365. The van der Waals surface area contributed by atoms with Crippen LogP contribution in [-0.2, 0) is 19.1 Å². The summed E-state index contributed by atoms with van der Waals surface area (Å²) in [6.45, 7) is 3.91. The Labute approximate surface area is 133 Å². The molecule has 0 aromatic heterocycles. The van der Waals surface area contributed by atoms with E-state index in [9.17, 15) is 9.59 Å². The molecule has 6 nitrogen and oxygen atoms in total. The van der Waals surface area contributed by atoms with Crippen molar-refractivity contribution in [2.24, 2.45) is 5.92 Å². The number of carbonyl (C=O) groups is 2. The smallest absolute Gasteiger partial charge is 0.331 e. The molecule has 0 unspecified atom stereocenters. The zero-order valence-electron chi connectivity index (χ0n) is 14.3. The highest BCUT2D eigenvalue weighted by Gasteiger charge is 2.43. The molecule has 0 spiro atoms. The maximum Gasteiger partial charge on any atom is 0.331 e. The first kappa shape index (κ1) is 18.9. The molecule has 22 heavy (non-hydrogen) atoms. The van der Waals surface area contributed by atoms with Crippen LogP contribution < -0.4 is 5.32 Å². The van der Waals surface area contributed by atoms with Gasteiger partial charge in [-0.2, -0.15) is 0 Å². The summed E-state index contributed by atoms with van der Waals surface area (Å²) in [4.78, 5) is 26.4. The molecular weight excluding hydrogens is 284 g/mol. The van der Waals surface area contributed by atoms with E-state index in [1.165, 1.54) is 7.11 Å². The van der Waals surface area contributed by atoms with Crippen LogP contribution in [0, 0.1) is 5.92 Å². The normalized spacial score (nSPS) is 25.0. The van der Waals surface area contributed by atoms with Crippen molar-refractivity contribution < 1.29 is 19.1 Å². The number of hydrogen-bond donors (Lipinski definition) is 1. The molecule has 1 amide bonds. The number of esters is 1. The molecule has 0 heterocycles. The molecule has 0 aromatic carbocycles. The number of nitrogens with zero attached hydrogens (tertiary/aromatic N) is 1. The fourth-order valence-corrected chi connectivity index (χ4v) is 2.94. The predicted octanol–water partition coefficient (Wildman–Crippen LogP) is 1.19. The molecule has 128 valence electrons. The van der Waals surface area contributed by atoms with Gasteiger partial charge in [0.25, 0.3) is 0 Å². The van der Waals surface area contributed by atoms with Gasteiger partial charge in [-0.15, -0.1) is 0 Å². The lowest BCUT2D eigenvalue weighted by molar-refractivity contribution is -0.153. The van der Waals surface area contributed by atoms with E-state index in [1.54, 1.807) is 7.11 Å². The van der Waals surface area contributed by atoms with Crippen molar-refractivity contribution in [2.45, 2.75) is 44.6 Å². The predicted molar refractivity (Wildman–Crippen MR) is 84.5 cm³/mol. The van der Waals surface area contributed by atoms with Crippen LogP contribution >= 0.6 is 0 Å². The summed E-state index contributed by atoms with van der Waals surface area (Å²) < 4.78 is 9.93. The molecule has 0 radical (unpaired) electrons. The molecule has 1 fully saturated rings. The van der Waals surface area contributed by atoms with Gasteiger partial charge in [0.15, 0.2) is 0 Å². The van der Waals surface area contributed by atoms with Gasteiger partial charge in [-0.25, -0.2) is 4.79 Å². The molecule has 0 aromatic rings. The van der Waals surface area contributed by atoms with Crippen LogP contribution in [-0.4, -0.2) is 63.3 Å². The van der Waals surface area contributed by atoms with Crippen LogP contribution in [0.15, 0.2) is 0 Å². The number of ether oxygens (including phenoxy) is 2. The Hall–Kier alpha value is -1.14. The van der Waals surface area contributed by atoms with Crippen LogP contribution in [0.25, 0.3) is 0 Å². The first-order valence-corrected chi connectivity index (χ1v) is 8.00. The Kier molecular flexibility index (Phi) is 7.82. The lowest BCUT2D eigenvalue weighted by Gasteiger charge is -2.37. The molecular formula is C16H30N2O4. The SMILES string of the molecule is COCCCN(C)CC(=O)NC1(C(=O)OC)CCC(C)CC1. The summed E-state index contributed by atoms with van der Waals surface area (Å²) >= 11 is 0. The van der Waals surface area contributed by atoms with Crippen molar-refractivity contribution in [1.29, 1.82) is 0 Å². The van der Waals surface area contributed by atoms with Gasteiger partial charge in [0.2, 0.25) is 5.91 Å². The summed E-state index contributed by atoms with van der Waals surface area (Å²) in [6, 6.07) is 0. The second kappa shape index (κ2) is 9.10. The fourth-order valence-electron chi connectivity index (χ4n) is 2.94. The summed E-state index contributed by atoms with van der Waals surface area (Å²) in [5.74, 6) is 0.140. The number of rotatable bonds is 8. The number of amides is 1. The average molecular weight is 314 g/mol. The van der Waals surface area contributed by atoms with Gasteiger partial charge in [0.1, 0.15) is 5.54 Å². The van der Waals surface area contributed by atoms with Crippen molar-refractivity contribution in [2.75, 3.05) is 41.0 Å². The minimum Gasteiger partial charge on any atom is -0.467 e. The van der Waals surface area contributed by atoms with E-state index in [0.717, 1.165) is 25.8 Å². The zero-order valence-corrected chi connectivity index (χ0v) is 14.3. The highest BCUT2D eigenvalue weighted by Crippen LogP contribution is 2.32. The Morgan fingerprint density at radius 3 is 2.45 bits per heavy atom. The molecule has 1 aliphatic rings. The second-order valence-electron chi connectivity index (χ2n) is 6.39. The molecule has 0 atom stereocenters. The van der Waals surface area contributed by atoms with Gasteiger partial charge < -0.3 is 14.8 Å². The standard InChI is InChI=1S/C16H30N2O4/c1-13-6-8-16(9-7-13,15(20)22-4)17-14(19)12-18(2)10-5-11-21-3/h13H,5-12H2,1-4H3,(H,17,19). The van der Waals surface area contributed by atoms with Gasteiger partial charge in [-0.05, 0) is 45.1 Å². The van der Waals surface area contributed by atoms with Gasteiger partial charge in [0, 0.05) is 20.3 Å². The summed E-state index contributed by atoms with van der Waals surface area (Å²) in [5, 5.41) is 2.94. The van der Waals surface area contributed by atoms with E-state index < -0.39 is 5.54 Å². The highest BCUT2D eigenvalue weighted by atomic mass is 16.5. The molecule has 6 heteroatoms. The zero-order chi connectivity index (χ0) is 16.6. The number of carbonyl (C=O) groups excluding carboxylic acids is 2. The van der Waals surface area contributed by atoms with Gasteiger partial charge >= 0.3 is 5.97 Å². The first-order chi connectivity index (χ1) is 10.4.